The van der Waals surface area contributed by atoms with Crippen LogP contribution in [-0.2, 0) is 6.18 Å². The third-order valence-corrected chi connectivity index (χ3v) is 4.65. The molecule has 0 aliphatic heterocycles. The standard InChI is InChI=1S/C12H5Br2F3OS/c13-8-2-1-6(12(15,16)17)5-7(8)11(18)9-3-4-10(14)19-9/h1-5H. The normalized spacial score (nSPS) is 11.6. The number of thiophene rings is 1. The van der Waals surface area contributed by atoms with Crippen molar-refractivity contribution in [2.24, 2.45) is 0 Å². The van der Waals surface area contributed by atoms with Crippen LogP contribution in [0.2, 0.25) is 0 Å². The minimum atomic E-state index is -4.47. The van der Waals surface area contributed by atoms with E-state index in [4.69, 9.17) is 0 Å². The van der Waals surface area contributed by atoms with Crippen LogP contribution in [-0.4, -0.2) is 5.78 Å². The van der Waals surface area contributed by atoms with Crippen molar-refractivity contribution in [3.8, 4) is 0 Å². The van der Waals surface area contributed by atoms with Crippen molar-refractivity contribution >= 4 is 49.0 Å². The number of ketones is 1. The first-order chi connectivity index (χ1) is 8.79. The smallest absolute Gasteiger partial charge is 0.288 e. The molecule has 0 unspecified atom stereocenters. The van der Waals surface area contributed by atoms with Crippen LogP contribution >= 0.6 is 43.2 Å². The Hall–Kier alpha value is -0.660. The molecule has 0 aliphatic carbocycles. The van der Waals surface area contributed by atoms with E-state index >= 15 is 0 Å². The van der Waals surface area contributed by atoms with Gasteiger partial charge in [-0.25, -0.2) is 0 Å². The fourth-order valence-corrected chi connectivity index (χ4v) is 3.21. The van der Waals surface area contributed by atoms with Gasteiger partial charge in [-0.05, 0) is 46.3 Å². The van der Waals surface area contributed by atoms with Gasteiger partial charge in [-0.2, -0.15) is 13.2 Å². The van der Waals surface area contributed by atoms with E-state index in [1.54, 1.807) is 12.1 Å². The minimum Gasteiger partial charge on any atom is -0.288 e. The van der Waals surface area contributed by atoms with Gasteiger partial charge in [0.2, 0.25) is 5.78 Å². The molecule has 19 heavy (non-hydrogen) atoms. The van der Waals surface area contributed by atoms with Crippen molar-refractivity contribution in [2.45, 2.75) is 6.18 Å². The highest BCUT2D eigenvalue weighted by molar-refractivity contribution is 9.11. The van der Waals surface area contributed by atoms with E-state index in [9.17, 15) is 18.0 Å². The molecule has 0 saturated carbocycles. The van der Waals surface area contributed by atoms with Crippen LogP contribution in [0.4, 0.5) is 13.2 Å². The third kappa shape index (κ3) is 3.27. The van der Waals surface area contributed by atoms with Gasteiger partial charge in [-0.15, -0.1) is 11.3 Å². The quantitative estimate of drug-likeness (QED) is 0.592. The van der Waals surface area contributed by atoms with E-state index in [1.165, 1.54) is 17.4 Å². The van der Waals surface area contributed by atoms with Crippen molar-refractivity contribution in [3.63, 3.8) is 0 Å². The van der Waals surface area contributed by atoms with E-state index in [2.05, 4.69) is 31.9 Å². The lowest BCUT2D eigenvalue weighted by atomic mass is 10.1. The largest absolute Gasteiger partial charge is 0.416 e. The summed E-state index contributed by atoms with van der Waals surface area (Å²) in [4.78, 5) is 12.5. The Kier molecular flexibility index (Phi) is 4.17. The van der Waals surface area contributed by atoms with E-state index in [-0.39, 0.29) is 5.56 Å². The van der Waals surface area contributed by atoms with E-state index in [0.29, 0.717) is 9.35 Å². The average Bonchev–Trinajstić information content (AvgIpc) is 2.74. The van der Waals surface area contributed by atoms with Gasteiger partial charge in [0.25, 0.3) is 0 Å². The molecule has 0 fully saturated rings. The number of halogens is 5. The second-order valence-electron chi connectivity index (χ2n) is 3.63. The summed E-state index contributed by atoms with van der Waals surface area (Å²) in [6.45, 7) is 0. The summed E-state index contributed by atoms with van der Waals surface area (Å²) < 4.78 is 39.0. The fraction of sp³-hybridized carbons (Fsp3) is 0.0833. The molecule has 1 aromatic heterocycles. The molecule has 0 N–H and O–H groups in total. The zero-order valence-corrected chi connectivity index (χ0v) is 13.1. The Labute approximate surface area is 127 Å². The first kappa shape index (κ1) is 14.7. The van der Waals surface area contributed by atoms with Crippen LogP contribution in [0.1, 0.15) is 20.8 Å². The average molecular weight is 414 g/mol. The second-order valence-corrected chi connectivity index (χ2v) is 6.94. The zero-order chi connectivity index (χ0) is 14.2. The first-order valence-electron chi connectivity index (χ1n) is 4.96. The Morgan fingerprint density at radius 1 is 1.11 bits per heavy atom. The van der Waals surface area contributed by atoms with Crippen LogP contribution < -0.4 is 0 Å². The van der Waals surface area contributed by atoms with Crippen molar-refractivity contribution in [1.82, 2.24) is 0 Å². The van der Waals surface area contributed by atoms with Gasteiger partial charge in [-0.1, -0.05) is 15.9 Å². The number of benzene rings is 1. The molecule has 0 saturated heterocycles. The molecular formula is C12H5Br2F3OS. The van der Waals surface area contributed by atoms with Gasteiger partial charge < -0.3 is 0 Å². The van der Waals surface area contributed by atoms with Crippen LogP contribution in [0.5, 0.6) is 0 Å². The molecule has 2 aromatic rings. The number of hydrogen-bond acceptors (Lipinski definition) is 2. The van der Waals surface area contributed by atoms with Gasteiger partial charge in [-0.3, -0.25) is 4.79 Å². The fourth-order valence-electron chi connectivity index (χ4n) is 1.44. The van der Waals surface area contributed by atoms with E-state index in [1.807, 2.05) is 0 Å². The molecule has 2 rings (SSSR count). The molecule has 7 heteroatoms. The summed E-state index contributed by atoms with van der Waals surface area (Å²) in [5.74, 6) is -0.436. The van der Waals surface area contributed by atoms with Crippen LogP contribution in [0, 0.1) is 0 Å². The first-order valence-corrected chi connectivity index (χ1v) is 7.36. The van der Waals surface area contributed by atoms with Crippen LogP contribution in [0.15, 0.2) is 38.6 Å². The van der Waals surface area contributed by atoms with Crippen molar-refractivity contribution in [2.75, 3.05) is 0 Å². The van der Waals surface area contributed by atoms with Gasteiger partial charge in [0, 0.05) is 10.0 Å². The predicted molar refractivity (Wildman–Crippen MR) is 74.6 cm³/mol. The third-order valence-electron chi connectivity index (χ3n) is 2.34. The van der Waals surface area contributed by atoms with Crippen molar-refractivity contribution in [1.29, 1.82) is 0 Å². The van der Waals surface area contributed by atoms with Gasteiger partial charge in [0.1, 0.15) is 0 Å². The molecular weight excluding hydrogens is 409 g/mol. The monoisotopic (exact) mass is 412 g/mol. The Morgan fingerprint density at radius 2 is 1.79 bits per heavy atom. The molecule has 1 aromatic carbocycles. The molecule has 1 heterocycles. The van der Waals surface area contributed by atoms with Gasteiger partial charge in [0.05, 0.1) is 14.2 Å². The number of carbonyl (C=O) groups is 1. The molecule has 0 spiro atoms. The number of carbonyl (C=O) groups excluding carboxylic acids is 1. The Bertz CT molecular complexity index is 634. The summed E-state index contributed by atoms with van der Waals surface area (Å²) in [6.07, 6.45) is -4.47. The van der Waals surface area contributed by atoms with Crippen molar-refractivity contribution < 1.29 is 18.0 Å². The topological polar surface area (TPSA) is 17.1 Å². The molecule has 100 valence electrons. The zero-order valence-electron chi connectivity index (χ0n) is 9.09. The van der Waals surface area contributed by atoms with Crippen LogP contribution in [0.25, 0.3) is 0 Å². The SMILES string of the molecule is O=C(c1ccc(Br)s1)c1cc(C(F)(F)F)ccc1Br. The van der Waals surface area contributed by atoms with E-state index < -0.39 is 17.5 Å². The summed E-state index contributed by atoms with van der Waals surface area (Å²) in [7, 11) is 0. The number of rotatable bonds is 2. The molecule has 0 bridgehead atoms. The number of alkyl halides is 3. The molecule has 0 radical (unpaired) electrons. The maximum Gasteiger partial charge on any atom is 0.416 e. The minimum absolute atomic E-state index is 0.00387. The van der Waals surface area contributed by atoms with Crippen molar-refractivity contribution in [3.05, 3.63) is 54.6 Å². The maximum atomic E-state index is 12.6. The highest BCUT2D eigenvalue weighted by Crippen LogP contribution is 2.33. The van der Waals surface area contributed by atoms with E-state index in [0.717, 1.165) is 15.9 Å². The highest BCUT2D eigenvalue weighted by atomic mass is 79.9. The summed E-state index contributed by atoms with van der Waals surface area (Å²) in [6, 6.07) is 6.28. The predicted octanol–water partition coefficient (Wildman–Crippen LogP) is 5.52. The lowest BCUT2D eigenvalue weighted by Crippen LogP contribution is -2.08. The molecule has 1 nitrogen and oxygen atoms in total. The lowest BCUT2D eigenvalue weighted by molar-refractivity contribution is -0.137. The Balaban J connectivity index is 2.47. The molecule has 0 amide bonds. The molecule has 0 atom stereocenters. The summed E-state index contributed by atoms with van der Waals surface area (Å²) in [5, 5.41) is 0. The van der Waals surface area contributed by atoms with Gasteiger partial charge in [0.15, 0.2) is 0 Å². The van der Waals surface area contributed by atoms with Gasteiger partial charge >= 0.3 is 6.18 Å². The molecule has 0 aliphatic rings. The summed E-state index contributed by atoms with van der Waals surface area (Å²) >= 11 is 7.50. The summed E-state index contributed by atoms with van der Waals surface area (Å²) in [5.41, 5.74) is -0.834. The highest BCUT2D eigenvalue weighted by Gasteiger charge is 2.31. The lowest BCUT2D eigenvalue weighted by Gasteiger charge is -2.09. The maximum absolute atomic E-state index is 12.6. The second kappa shape index (κ2) is 5.38. The Morgan fingerprint density at radius 3 is 2.32 bits per heavy atom. The number of hydrogen-bond donors (Lipinski definition) is 0. The van der Waals surface area contributed by atoms with Crippen LogP contribution in [0.3, 0.4) is 0 Å².